The largest absolute Gasteiger partial charge is 0.331 e. The van der Waals surface area contributed by atoms with Crippen molar-refractivity contribution in [3.05, 3.63) is 69.4 Å². The minimum atomic E-state index is -0.526. The van der Waals surface area contributed by atoms with Gasteiger partial charge in [-0.2, -0.15) is 0 Å². The number of anilines is 2. The Balaban J connectivity index is 1.88. The number of nitrogens with one attached hydrogen (secondary N) is 2. The van der Waals surface area contributed by atoms with Crippen LogP contribution in [0.3, 0.4) is 0 Å². The molecule has 0 aliphatic carbocycles. The van der Waals surface area contributed by atoms with Crippen molar-refractivity contribution in [3.8, 4) is 0 Å². The Hall–Kier alpha value is -3.68. The van der Waals surface area contributed by atoms with Crippen LogP contribution in [0.15, 0.2) is 58.1 Å². The zero-order valence-electron chi connectivity index (χ0n) is 15.6. The highest BCUT2D eigenvalue weighted by molar-refractivity contribution is 5.92. The number of carbonyl (C=O) groups excluding carboxylic acids is 2. The van der Waals surface area contributed by atoms with E-state index in [2.05, 4.69) is 10.6 Å². The van der Waals surface area contributed by atoms with E-state index in [1.165, 1.54) is 11.5 Å². The van der Waals surface area contributed by atoms with Gasteiger partial charge in [-0.15, -0.1) is 0 Å². The monoisotopic (exact) mass is 380 g/mol. The highest BCUT2D eigenvalue weighted by atomic mass is 16.2. The molecule has 0 atom stereocenters. The molecule has 8 nitrogen and oxygen atoms in total. The van der Waals surface area contributed by atoms with E-state index in [1.54, 1.807) is 55.5 Å². The van der Waals surface area contributed by atoms with E-state index < -0.39 is 11.6 Å². The summed E-state index contributed by atoms with van der Waals surface area (Å²) in [5.74, 6) is -0.588. The zero-order valence-corrected chi connectivity index (χ0v) is 15.6. The van der Waals surface area contributed by atoms with E-state index in [4.69, 9.17) is 0 Å². The molecule has 2 amide bonds. The van der Waals surface area contributed by atoms with Crippen molar-refractivity contribution in [3.63, 3.8) is 0 Å². The number of amides is 2. The second-order valence-electron chi connectivity index (χ2n) is 6.24. The molecule has 144 valence electrons. The van der Waals surface area contributed by atoms with Gasteiger partial charge in [-0.05, 0) is 43.3 Å². The van der Waals surface area contributed by atoms with Gasteiger partial charge in [0.2, 0.25) is 11.8 Å². The van der Waals surface area contributed by atoms with Crippen molar-refractivity contribution in [2.24, 2.45) is 0 Å². The second kappa shape index (κ2) is 7.91. The van der Waals surface area contributed by atoms with Gasteiger partial charge in [0.1, 0.15) is 6.54 Å². The van der Waals surface area contributed by atoms with Crippen LogP contribution in [0.2, 0.25) is 0 Å². The quantitative estimate of drug-likeness (QED) is 0.704. The molecule has 0 aliphatic rings. The smallest absolute Gasteiger partial charge is 0.326 e. The summed E-state index contributed by atoms with van der Waals surface area (Å²) in [6.45, 7) is 3.11. The van der Waals surface area contributed by atoms with Gasteiger partial charge in [-0.3, -0.25) is 23.5 Å². The summed E-state index contributed by atoms with van der Waals surface area (Å²) in [4.78, 5) is 48.7. The van der Waals surface area contributed by atoms with Gasteiger partial charge in [-0.1, -0.05) is 12.1 Å². The van der Waals surface area contributed by atoms with Crippen molar-refractivity contribution in [2.45, 2.75) is 26.9 Å². The molecule has 3 rings (SSSR count). The van der Waals surface area contributed by atoms with Gasteiger partial charge in [0, 0.05) is 24.8 Å². The summed E-state index contributed by atoms with van der Waals surface area (Å²) in [5.41, 5.74) is 0.664. The van der Waals surface area contributed by atoms with Crippen LogP contribution in [0.4, 0.5) is 11.4 Å². The van der Waals surface area contributed by atoms with Crippen LogP contribution < -0.4 is 21.9 Å². The lowest BCUT2D eigenvalue weighted by Gasteiger charge is -2.13. The van der Waals surface area contributed by atoms with Gasteiger partial charge in [-0.25, -0.2) is 4.79 Å². The molecule has 0 unspecified atom stereocenters. The number of fused-ring (bicyclic) bond motifs is 1. The number of carbonyl (C=O) groups is 2. The fourth-order valence-corrected chi connectivity index (χ4v) is 2.99. The van der Waals surface area contributed by atoms with Crippen molar-refractivity contribution in [1.29, 1.82) is 0 Å². The first-order chi connectivity index (χ1) is 13.4. The molecule has 28 heavy (non-hydrogen) atoms. The van der Waals surface area contributed by atoms with E-state index in [1.807, 2.05) is 0 Å². The van der Waals surface area contributed by atoms with E-state index in [-0.39, 0.29) is 24.6 Å². The predicted octanol–water partition coefficient (Wildman–Crippen LogP) is 1.78. The van der Waals surface area contributed by atoms with Crippen LogP contribution in [0.25, 0.3) is 10.9 Å². The lowest BCUT2D eigenvalue weighted by atomic mass is 10.2. The Bertz CT molecular complexity index is 1160. The minimum absolute atomic E-state index is 0.186. The maximum absolute atomic E-state index is 12.7. The molecule has 0 saturated heterocycles. The van der Waals surface area contributed by atoms with Crippen molar-refractivity contribution >= 4 is 34.1 Å². The highest BCUT2D eigenvalue weighted by Crippen LogP contribution is 2.14. The molecule has 0 radical (unpaired) electrons. The van der Waals surface area contributed by atoms with Crippen molar-refractivity contribution in [2.75, 3.05) is 10.6 Å². The third-order valence-electron chi connectivity index (χ3n) is 4.24. The highest BCUT2D eigenvalue weighted by Gasteiger charge is 2.14. The van der Waals surface area contributed by atoms with E-state index in [9.17, 15) is 19.2 Å². The fraction of sp³-hybridized carbons (Fsp3) is 0.200. The molecule has 0 spiro atoms. The number of nitrogens with zero attached hydrogens (tertiary/aromatic N) is 2. The first kappa shape index (κ1) is 19.1. The lowest BCUT2D eigenvalue weighted by molar-refractivity contribution is -0.117. The molecule has 2 N–H and O–H groups in total. The zero-order chi connectivity index (χ0) is 20.3. The molecule has 1 aromatic heterocycles. The number of hydrogen-bond donors (Lipinski definition) is 2. The Morgan fingerprint density at radius 3 is 2.11 bits per heavy atom. The van der Waals surface area contributed by atoms with E-state index >= 15 is 0 Å². The van der Waals surface area contributed by atoms with Crippen LogP contribution in [-0.4, -0.2) is 20.9 Å². The van der Waals surface area contributed by atoms with Crippen LogP contribution in [0.1, 0.15) is 13.8 Å². The fourth-order valence-electron chi connectivity index (χ4n) is 2.99. The number of para-hydroxylation sites is 1. The third-order valence-corrected chi connectivity index (χ3v) is 4.24. The molecular formula is C20H20N4O4. The first-order valence-corrected chi connectivity index (χ1v) is 8.80. The summed E-state index contributed by atoms with van der Waals surface area (Å²) in [6, 6.07) is 13.3. The molecule has 0 bridgehead atoms. The summed E-state index contributed by atoms with van der Waals surface area (Å²) >= 11 is 0. The topological polar surface area (TPSA) is 102 Å². The van der Waals surface area contributed by atoms with Crippen LogP contribution >= 0.6 is 0 Å². The maximum Gasteiger partial charge on any atom is 0.331 e. The van der Waals surface area contributed by atoms with Gasteiger partial charge < -0.3 is 10.6 Å². The molecule has 3 aromatic rings. The summed E-state index contributed by atoms with van der Waals surface area (Å²) < 4.78 is 2.40. The molecule has 0 aliphatic heterocycles. The number of hydrogen-bond acceptors (Lipinski definition) is 4. The number of rotatable bonds is 5. The molecule has 0 saturated carbocycles. The summed E-state index contributed by atoms with van der Waals surface area (Å²) in [7, 11) is 0. The Morgan fingerprint density at radius 2 is 1.50 bits per heavy atom. The van der Waals surface area contributed by atoms with Gasteiger partial charge >= 0.3 is 5.69 Å². The standard InChI is InChI=1S/C20H20N4O4/c1-3-23-19(27)16-6-4-5-7-17(16)24(20(23)28)12-18(26)22-15-10-8-14(9-11-15)21-13(2)25/h4-11H,3,12H2,1-2H3,(H,21,25)(H,22,26). The molecule has 2 aromatic carbocycles. The lowest BCUT2D eigenvalue weighted by Crippen LogP contribution is -2.41. The predicted molar refractivity (Wildman–Crippen MR) is 108 cm³/mol. The second-order valence-corrected chi connectivity index (χ2v) is 6.24. The molecule has 8 heteroatoms. The first-order valence-electron chi connectivity index (χ1n) is 8.80. The van der Waals surface area contributed by atoms with E-state index in [0.717, 1.165) is 4.57 Å². The summed E-state index contributed by atoms with van der Waals surface area (Å²) in [5, 5.41) is 5.74. The Morgan fingerprint density at radius 1 is 0.893 bits per heavy atom. The normalized spacial score (nSPS) is 10.6. The number of benzene rings is 2. The average molecular weight is 380 g/mol. The Kier molecular flexibility index (Phi) is 5.39. The third kappa shape index (κ3) is 3.85. The van der Waals surface area contributed by atoms with Crippen LogP contribution in [0, 0.1) is 0 Å². The minimum Gasteiger partial charge on any atom is -0.326 e. The van der Waals surface area contributed by atoms with Crippen LogP contribution in [-0.2, 0) is 22.7 Å². The molecule has 1 heterocycles. The van der Waals surface area contributed by atoms with Crippen molar-refractivity contribution < 1.29 is 9.59 Å². The molecule has 0 fully saturated rings. The van der Waals surface area contributed by atoms with Crippen molar-refractivity contribution in [1.82, 2.24) is 9.13 Å². The van der Waals surface area contributed by atoms with Gasteiger partial charge in [0.15, 0.2) is 0 Å². The SMILES string of the molecule is CCn1c(=O)c2ccccc2n(CC(=O)Nc2ccc(NC(C)=O)cc2)c1=O. The maximum atomic E-state index is 12.7. The van der Waals surface area contributed by atoms with Crippen LogP contribution in [0.5, 0.6) is 0 Å². The van der Waals surface area contributed by atoms with Gasteiger partial charge in [0.25, 0.3) is 5.56 Å². The van der Waals surface area contributed by atoms with Gasteiger partial charge in [0.05, 0.1) is 10.9 Å². The summed E-state index contributed by atoms with van der Waals surface area (Å²) in [6.07, 6.45) is 0. The Labute approximate surface area is 160 Å². The molecular weight excluding hydrogens is 360 g/mol. The van der Waals surface area contributed by atoms with E-state index in [0.29, 0.717) is 22.3 Å². The number of aromatic nitrogens is 2. The average Bonchev–Trinajstić information content (AvgIpc) is 2.67.